The highest BCUT2D eigenvalue weighted by molar-refractivity contribution is 5.47. The van der Waals surface area contributed by atoms with Gasteiger partial charge in [-0.15, -0.1) is 0 Å². The molecule has 0 fully saturated rings. The number of rotatable bonds is 4. The van der Waals surface area contributed by atoms with E-state index in [4.69, 9.17) is 0 Å². The molecule has 0 spiro atoms. The predicted octanol–water partition coefficient (Wildman–Crippen LogP) is 5.04. The van der Waals surface area contributed by atoms with Crippen LogP contribution in [0.1, 0.15) is 42.0 Å². The lowest BCUT2D eigenvalue weighted by atomic mass is 10.0. The van der Waals surface area contributed by atoms with Crippen LogP contribution in [0.4, 0.5) is 5.69 Å². The smallest absolute Gasteiger partial charge is 0.0403 e. The number of aryl methyl sites for hydroxylation is 2. The molecule has 100 valence electrons. The summed E-state index contributed by atoms with van der Waals surface area (Å²) in [7, 11) is 0. The minimum absolute atomic E-state index is 0.572. The molecule has 1 heteroatoms. The van der Waals surface area contributed by atoms with Crippen LogP contribution in [-0.4, -0.2) is 0 Å². The number of nitrogens with one attached hydrogen (secondary N) is 1. The number of hydrogen-bond donors (Lipinski definition) is 1. The van der Waals surface area contributed by atoms with Gasteiger partial charge in [-0.2, -0.15) is 0 Å². The highest BCUT2D eigenvalue weighted by atomic mass is 14.9. The molecule has 0 heterocycles. The molecule has 0 radical (unpaired) electrons. The summed E-state index contributed by atoms with van der Waals surface area (Å²) in [5.74, 6) is 0.572. The third-order valence-electron chi connectivity index (χ3n) is 3.53. The lowest BCUT2D eigenvalue weighted by Gasteiger charge is -2.12. The van der Waals surface area contributed by atoms with Gasteiger partial charge in [0.2, 0.25) is 0 Å². The van der Waals surface area contributed by atoms with Crippen LogP contribution in [0.15, 0.2) is 42.5 Å². The third kappa shape index (κ3) is 3.60. The SMILES string of the molecule is Cc1ccc(CNc2cccc(C(C)C)c2)c(C)c1. The largest absolute Gasteiger partial charge is 0.381 e. The normalized spacial score (nSPS) is 10.8. The van der Waals surface area contributed by atoms with Gasteiger partial charge in [0.25, 0.3) is 0 Å². The molecule has 0 unspecified atom stereocenters. The zero-order valence-electron chi connectivity index (χ0n) is 12.3. The van der Waals surface area contributed by atoms with Gasteiger partial charge in [0.1, 0.15) is 0 Å². The van der Waals surface area contributed by atoms with Crippen LogP contribution in [0.5, 0.6) is 0 Å². The molecular formula is C18H23N. The Morgan fingerprint density at radius 2 is 1.79 bits per heavy atom. The first-order chi connectivity index (χ1) is 9.06. The van der Waals surface area contributed by atoms with Gasteiger partial charge in [-0.1, -0.05) is 49.7 Å². The summed E-state index contributed by atoms with van der Waals surface area (Å²) in [5, 5.41) is 3.52. The van der Waals surface area contributed by atoms with E-state index in [1.807, 2.05) is 0 Å². The molecule has 0 aliphatic heterocycles. The Balaban J connectivity index is 2.08. The van der Waals surface area contributed by atoms with Gasteiger partial charge in [-0.25, -0.2) is 0 Å². The molecule has 0 saturated heterocycles. The van der Waals surface area contributed by atoms with Crippen molar-refractivity contribution in [2.75, 3.05) is 5.32 Å². The molecule has 0 aliphatic rings. The van der Waals surface area contributed by atoms with Crippen molar-refractivity contribution in [2.45, 2.75) is 40.2 Å². The average molecular weight is 253 g/mol. The maximum absolute atomic E-state index is 3.52. The van der Waals surface area contributed by atoms with Gasteiger partial charge in [0.05, 0.1) is 0 Å². The molecule has 2 aromatic rings. The standard InChI is InChI=1S/C18H23N/c1-13(2)16-6-5-7-18(11-16)19-12-17-9-8-14(3)10-15(17)4/h5-11,13,19H,12H2,1-4H3. The topological polar surface area (TPSA) is 12.0 Å². The van der Waals surface area contributed by atoms with Crippen LogP contribution >= 0.6 is 0 Å². The third-order valence-corrected chi connectivity index (χ3v) is 3.53. The molecular weight excluding hydrogens is 230 g/mol. The average Bonchev–Trinajstić information content (AvgIpc) is 2.38. The van der Waals surface area contributed by atoms with Crippen LogP contribution in [0.25, 0.3) is 0 Å². The van der Waals surface area contributed by atoms with E-state index in [2.05, 4.69) is 75.5 Å². The Morgan fingerprint density at radius 3 is 2.47 bits per heavy atom. The first-order valence-electron chi connectivity index (χ1n) is 6.96. The molecule has 0 aromatic heterocycles. The van der Waals surface area contributed by atoms with E-state index >= 15 is 0 Å². The summed E-state index contributed by atoms with van der Waals surface area (Å²) in [5.41, 5.74) is 6.62. The Morgan fingerprint density at radius 1 is 1.00 bits per heavy atom. The second-order valence-corrected chi connectivity index (χ2v) is 5.56. The van der Waals surface area contributed by atoms with Crippen molar-refractivity contribution in [1.29, 1.82) is 0 Å². The number of benzene rings is 2. The molecule has 0 atom stereocenters. The van der Waals surface area contributed by atoms with Crippen LogP contribution in [-0.2, 0) is 6.54 Å². The number of anilines is 1. The fourth-order valence-corrected chi connectivity index (χ4v) is 2.25. The lowest BCUT2D eigenvalue weighted by Crippen LogP contribution is -2.02. The maximum Gasteiger partial charge on any atom is 0.0403 e. The van der Waals surface area contributed by atoms with Gasteiger partial charge in [0, 0.05) is 12.2 Å². The fourth-order valence-electron chi connectivity index (χ4n) is 2.25. The van der Waals surface area contributed by atoms with E-state index in [-0.39, 0.29) is 0 Å². The highest BCUT2D eigenvalue weighted by Gasteiger charge is 2.01. The van der Waals surface area contributed by atoms with Gasteiger partial charge in [-0.3, -0.25) is 0 Å². The minimum atomic E-state index is 0.572. The first-order valence-corrected chi connectivity index (χ1v) is 6.96. The van der Waals surface area contributed by atoms with E-state index in [0.717, 1.165) is 6.54 Å². The van der Waals surface area contributed by atoms with Crippen LogP contribution < -0.4 is 5.32 Å². The zero-order valence-corrected chi connectivity index (χ0v) is 12.3. The fraction of sp³-hybridized carbons (Fsp3) is 0.333. The Hall–Kier alpha value is -1.76. The van der Waals surface area contributed by atoms with E-state index in [9.17, 15) is 0 Å². The zero-order chi connectivity index (χ0) is 13.8. The summed E-state index contributed by atoms with van der Waals surface area (Å²) in [6.07, 6.45) is 0. The van der Waals surface area contributed by atoms with Crippen molar-refractivity contribution in [3.8, 4) is 0 Å². The van der Waals surface area contributed by atoms with E-state index in [1.165, 1.54) is 27.9 Å². The summed E-state index contributed by atoms with van der Waals surface area (Å²) in [6.45, 7) is 9.64. The monoisotopic (exact) mass is 253 g/mol. The van der Waals surface area contributed by atoms with Gasteiger partial charge in [-0.05, 0) is 48.6 Å². The molecule has 1 nitrogen and oxygen atoms in total. The summed E-state index contributed by atoms with van der Waals surface area (Å²) in [6, 6.07) is 15.3. The molecule has 0 saturated carbocycles. The van der Waals surface area contributed by atoms with E-state index < -0.39 is 0 Å². The second kappa shape index (κ2) is 5.92. The summed E-state index contributed by atoms with van der Waals surface area (Å²) in [4.78, 5) is 0. The minimum Gasteiger partial charge on any atom is -0.381 e. The van der Waals surface area contributed by atoms with E-state index in [1.54, 1.807) is 0 Å². The van der Waals surface area contributed by atoms with Gasteiger partial charge in [0.15, 0.2) is 0 Å². The molecule has 0 bridgehead atoms. The lowest BCUT2D eigenvalue weighted by molar-refractivity contribution is 0.866. The van der Waals surface area contributed by atoms with Crippen molar-refractivity contribution < 1.29 is 0 Å². The van der Waals surface area contributed by atoms with Crippen LogP contribution in [0, 0.1) is 13.8 Å². The summed E-state index contributed by atoms with van der Waals surface area (Å²) < 4.78 is 0. The quantitative estimate of drug-likeness (QED) is 0.805. The Labute approximate surface area is 116 Å². The second-order valence-electron chi connectivity index (χ2n) is 5.56. The van der Waals surface area contributed by atoms with Crippen molar-refractivity contribution in [2.24, 2.45) is 0 Å². The van der Waals surface area contributed by atoms with E-state index in [0.29, 0.717) is 5.92 Å². The van der Waals surface area contributed by atoms with Crippen molar-refractivity contribution in [3.63, 3.8) is 0 Å². The Kier molecular flexibility index (Phi) is 4.26. The molecule has 2 rings (SSSR count). The molecule has 19 heavy (non-hydrogen) atoms. The van der Waals surface area contributed by atoms with Gasteiger partial charge < -0.3 is 5.32 Å². The molecule has 0 aliphatic carbocycles. The summed E-state index contributed by atoms with van der Waals surface area (Å²) >= 11 is 0. The van der Waals surface area contributed by atoms with Crippen LogP contribution in [0.3, 0.4) is 0 Å². The van der Waals surface area contributed by atoms with Crippen molar-refractivity contribution in [3.05, 3.63) is 64.7 Å². The van der Waals surface area contributed by atoms with Gasteiger partial charge >= 0.3 is 0 Å². The molecule has 0 amide bonds. The maximum atomic E-state index is 3.52. The Bertz CT molecular complexity index is 555. The molecule has 2 aromatic carbocycles. The highest BCUT2D eigenvalue weighted by Crippen LogP contribution is 2.19. The molecule has 1 N–H and O–H groups in total. The van der Waals surface area contributed by atoms with Crippen molar-refractivity contribution >= 4 is 5.69 Å². The number of hydrogen-bond acceptors (Lipinski definition) is 1. The van der Waals surface area contributed by atoms with Crippen LogP contribution in [0.2, 0.25) is 0 Å². The predicted molar refractivity (Wildman–Crippen MR) is 83.8 cm³/mol. The first kappa shape index (κ1) is 13.7. The van der Waals surface area contributed by atoms with Crippen molar-refractivity contribution in [1.82, 2.24) is 0 Å².